The molecule has 0 atom stereocenters. The van der Waals surface area contributed by atoms with Crippen molar-refractivity contribution in [2.24, 2.45) is 0 Å². The van der Waals surface area contributed by atoms with E-state index in [-0.39, 0.29) is 17.2 Å². The molecular weight excluding hydrogens is 439 g/mol. The Labute approximate surface area is 175 Å². The lowest BCUT2D eigenvalue weighted by molar-refractivity contribution is -0.136. The summed E-state index contributed by atoms with van der Waals surface area (Å²) in [4.78, 5) is 18.0. The van der Waals surface area contributed by atoms with Crippen molar-refractivity contribution in [2.75, 3.05) is 10.6 Å². The van der Waals surface area contributed by atoms with Crippen molar-refractivity contribution in [3.05, 3.63) is 66.1 Å². The topological polar surface area (TPSA) is 105 Å². The molecule has 13 heteroatoms. The third kappa shape index (κ3) is 4.26. The molecule has 0 aliphatic heterocycles. The second-order valence-corrected chi connectivity index (χ2v) is 6.29. The molecule has 0 unspecified atom stereocenters. The Morgan fingerprint density at radius 3 is 2.47 bits per heavy atom. The first-order valence-electron chi connectivity index (χ1n) is 8.78. The largest absolute Gasteiger partial charge is 0.450 e. The first-order chi connectivity index (χ1) is 15.2. The molecule has 0 aliphatic carbocycles. The molecule has 4 aromatic rings. The first kappa shape index (κ1) is 21.0. The van der Waals surface area contributed by atoms with Crippen LogP contribution in [0.25, 0.3) is 11.0 Å². The number of pyridine rings is 1. The van der Waals surface area contributed by atoms with Gasteiger partial charge in [-0.25, -0.2) is 18.6 Å². The van der Waals surface area contributed by atoms with E-state index in [1.165, 1.54) is 18.3 Å². The number of amides is 2. The van der Waals surface area contributed by atoms with Crippen LogP contribution in [0.15, 0.2) is 48.9 Å². The molecule has 0 fully saturated rings. The Morgan fingerprint density at radius 2 is 1.81 bits per heavy atom. The molecule has 0 aliphatic rings. The number of halogens is 5. The molecule has 0 radical (unpaired) electrons. The van der Waals surface area contributed by atoms with E-state index in [1.54, 1.807) is 0 Å². The molecule has 32 heavy (non-hydrogen) atoms. The molecule has 3 aromatic heterocycles. The van der Waals surface area contributed by atoms with E-state index in [4.69, 9.17) is 4.74 Å². The van der Waals surface area contributed by atoms with Gasteiger partial charge in [-0.05, 0) is 18.2 Å². The Morgan fingerprint density at radius 1 is 1.06 bits per heavy atom. The van der Waals surface area contributed by atoms with E-state index in [2.05, 4.69) is 30.8 Å². The maximum absolute atomic E-state index is 14.5. The number of nitrogens with one attached hydrogen (secondary N) is 3. The van der Waals surface area contributed by atoms with Crippen LogP contribution in [0.4, 0.5) is 38.3 Å². The monoisotopic (exact) mass is 450 g/mol. The number of aromatic nitrogens is 4. The second-order valence-electron chi connectivity index (χ2n) is 6.29. The molecule has 1 aromatic carbocycles. The highest BCUT2D eigenvalue weighted by Crippen LogP contribution is 2.40. The average molecular weight is 450 g/mol. The fourth-order valence-corrected chi connectivity index (χ4v) is 2.82. The van der Waals surface area contributed by atoms with E-state index in [0.29, 0.717) is 6.20 Å². The Balaban J connectivity index is 1.60. The quantitative estimate of drug-likeness (QED) is 0.376. The zero-order chi connectivity index (χ0) is 22.9. The van der Waals surface area contributed by atoms with Gasteiger partial charge >= 0.3 is 12.2 Å². The Hall–Kier alpha value is -4.29. The van der Waals surface area contributed by atoms with Gasteiger partial charge in [-0.15, -0.1) is 5.10 Å². The molecule has 3 N–H and O–H groups in total. The standard InChI is InChI=1S/C19H11F5N6O2/c20-11-6-9(28-18(31)29-14-2-1-4-27-30-14)7-12(21)16(11)32-13-3-5-25-17-15(13)10(8-26-17)19(22,23)24/h1-8H,(H,25,26)(H2,28,29,30,31). The van der Waals surface area contributed by atoms with Gasteiger partial charge in [0.1, 0.15) is 11.4 Å². The normalized spacial score (nSPS) is 11.4. The Kier molecular flexibility index (Phi) is 5.30. The lowest BCUT2D eigenvalue weighted by atomic mass is 10.2. The van der Waals surface area contributed by atoms with Gasteiger partial charge in [0, 0.05) is 36.4 Å². The maximum atomic E-state index is 14.5. The lowest BCUT2D eigenvalue weighted by Gasteiger charge is -2.13. The molecule has 8 nitrogen and oxygen atoms in total. The van der Waals surface area contributed by atoms with Crippen LogP contribution >= 0.6 is 0 Å². The van der Waals surface area contributed by atoms with Crippen LogP contribution < -0.4 is 15.4 Å². The molecule has 3 heterocycles. The smallest absolute Gasteiger partial charge is 0.418 e. The SMILES string of the molecule is O=C(Nc1cc(F)c(Oc2ccnc3[nH]cc(C(F)(F)F)c23)c(F)c1)Nc1cccnn1. The number of H-pyrrole nitrogens is 1. The molecule has 0 bridgehead atoms. The predicted octanol–water partition coefficient (Wildman–Crippen LogP) is 5.09. The van der Waals surface area contributed by atoms with Crippen LogP contribution in [0, 0.1) is 11.6 Å². The highest BCUT2D eigenvalue weighted by molar-refractivity contribution is 5.99. The molecule has 0 saturated heterocycles. The van der Waals surface area contributed by atoms with Crippen LogP contribution in [0.3, 0.4) is 0 Å². The summed E-state index contributed by atoms with van der Waals surface area (Å²) < 4.78 is 74.0. The first-order valence-corrected chi connectivity index (χ1v) is 8.78. The lowest BCUT2D eigenvalue weighted by Crippen LogP contribution is -2.20. The van der Waals surface area contributed by atoms with Crippen molar-refractivity contribution in [3.8, 4) is 11.5 Å². The Bertz CT molecular complexity index is 1270. The summed E-state index contributed by atoms with van der Waals surface area (Å²) in [5.74, 6) is -3.82. The average Bonchev–Trinajstić information content (AvgIpc) is 3.17. The summed E-state index contributed by atoms with van der Waals surface area (Å²) in [6.07, 6.45) is -1.56. The van der Waals surface area contributed by atoms with E-state index in [0.717, 1.165) is 24.4 Å². The van der Waals surface area contributed by atoms with E-state index < -0.39 is 46.3 Å². The number of hydrogen-bond donors (Lipinski definition) is 3. The number of ether oxygens (including phenoxy) is 1. The van der Waals surface area contributed by atoms with Gasteiger partial charge in [0.05, 0.1) is 10.9 Å². The maximum Gasteiger partial charge on any atom is 0.418 e. The fraction of sp³-hybridized carbons (Fsp3) is 0.0526. The summed E-state index contributed by atoms with van der Waals surface area (Å²) in [6.45, 7) is 0. The van der Waals surface area contributed by atoms with Gasteiger partial charge in [-0.3, -0.25) is 5.32 Å². The van der Waals surface area contributed by atoms with Crippen molar-refractivity contribution in [2.45, 2.75) is 6.18 Å². The van der Waals surface area contributed by atoms with Crippen LogP contribution in [-0.4, -0.2) is 26.2 Å². The number of alkyl halides is 3. The molecule has 0 saturated carbocycles. The number of fused-ring (bicyclic) bond motifs is 1. The number of carbonyl (C=O) groups is 1. The van der Waals surface area contributed by atoms with Gasteiger partial charge in [0.15, 0.2) is 23.2 Å². The van der Waals surface area contributed by atoms with E-state index >= 15 is 0 Å². The summed E-state index contributed by atoms with van der Waals surface area (Å²) in [7, 11) is 0. The molecule has 4 rings (SSSR count). The van der Waals surface area contributed by atoms with Crippen molar-refractivity contribution in [3.63, 3.8) is 0 Å². The molecular formula is C19H11F5N6O2. The van der Waals surface area contributed by atoms with Crippen LogP contribution in [-0.2, 0) is 6.18 Å². The number of hydrogen-bond acceptors (Lipinski definition) is 5. The van der Waals surface area contributed by atoms with Gasteiger partial charge in [0.25, 0.3) is 0 Å². The van der Waals surface area contributed by atoms with Crippen molar-refractivity contribution in [1.82, 2.24) is 20.2 Å². The van der Waals surface area contributed by atoms with Gasteiger partial charge < -0.3 is 15.0 Å². The van der Waals surface area contributed by atoms with Crippen molar-refractivity contribution >= 4 is 28.6 Å². The van der Waals surface area contributed by atoms with Crippen LogP contribution in [0.5, 0.6) is 11.5 Å². The zero-order valence-electron chi connectivity index (χ0n) is 15.7. The number of rotatable bonds is 4. The number of carbonyl (C=O) groups excluding carboxylic acids is 1. The summed E-state index contributed by atoms with van der Waals surface area (Å²) in [5, 5.41) is 11.2. The molecule has 0 spiro atoms. The van der Waals surface area contributed by atoms with Gasteiger partial charge in [0.2, 0.25) is 0 Å². The number of anilines is 2. The number of benzene rings is 1. The van der Waals surface area contributed by atoms with Crippen LogP contribution in [0.2, 0.25) is 0 Å². The minimum absolute atomic E-state index is 0.0968. The number of nitrogens with zero attached hydrogens (tertiary/aromatic N) is 3. The third-order valence-corrected chi connectivity index (χ3v) is 4.12. The minimum Gasteiger partial charge on any atom is -0.450 e. The number of urea groups is 1. The highest BCUT2D eigenvalue weighted by Gasteiger charge is 2.35. The van der Waals surface area contributed by atoms with Gasteiger partial charge in [-0.2, -0.15) is 18.3 Å². The zero-order valence-corrected chi connectivity index (χ0v) is 15.7. The molecule has 2 amide bonds. The van der Waals surface area contributed by atoms with E-state index in [9.17, 15) is 26.7 Å². The summed E-state index contributed by atoms with van der Waals surface area (Å²) in [6, 6.07) is 4.64. The predicted molar refractivity (Wildman–Crippen MR) is 102 cm³/mol. The molecule has 164 valence electrons. The van der Waals surface area contributed by atoms with Gasteiger partial charge in [-0.1, -0.05) is 0 Å². The van der Waals surface area contributed by atoms with Crippen LogP contribution in [0.1, 0.15) is 5.56 Å². The van der Waals surface area contributed by atoms with Crippen molar-refractivity contribution < 1.29 is 31.5 Å². The highest BCUT2D eigenvalue weighted by atomic mass is 19.4. The summed E-state index contributed by atoms with van der Waals surface area (Å²) in [5.41, 5.74) is -1.55. The fourth-order valence-electron chi connectivity index (χ4n) is 2.82. The third-order valence-electron chi connectivity index (χ3n) is 4.12. The van der Waals surface area contributed by atoms with E-state index in [1.807, 2.05) is 0 Å². The minimum atomic E-state index is -4.75. The van der Waals surface area contributed by atoms with Crippen molar-refractivity contribution in [1.29, 1.82) is 0 Å². The summed E-state index contributed by atoms with van der Waals surface area (Å²) >= 11 is 0. The second kappa shape index (κ2) is 8.09. The number of aromatic amines is 1.